The number of thiazole rings is 1. The number of aliphatic hydroxyl groups excluding tert-OH is 1. The van der Waals surface area contributed by atoms with Gasteiger partial charge >= 0.3 is 0 Å². The molecule has 1 amide bonds. The number of hydrogen-bond acceptors (Lipinski definition) is 5. The molecule has 3 rings (SSSR count). The molecule has 0 fully saturated rings. The van der Waals surface area contributed by atoms with E-state index in [1.54, 1.807) is 7.11 Å². The van der Waals surface area contributed by atoms with Crippen molar-refractivity contribution in [2.45, 2.75) is 25.9 Å². The van der Waals surface area contributed by atoms with E-state index in [1.807, 2.05) is 61.5 Å². The normalized spacial score (nSPS) is 11.8. The van der Waals surface area contributed by atoms with Crippen molar-refractivity contribution >= 4 is 22.4 Å². The summed E-state index contributed by atoms with van der Waals surface area (Å²) in [7, 11) is 1.63. The fourth-order valence-corrected chi connectivity index (χ4v) is 3.61. The molecule has 2 N–H and O–H groups in total. The van der Waals surface area contributed by atoms with E-state index in [9.17, 15) is 9.90 Å². The number of nitrogens with one attached hydrogen (secondary N) is 1. The standard InChI is InChI=1S/C21H22N2O3S/c1-14-20(16-8-10-17(26-2)11-9-16)23-21(27-14)22-19(25)13-12-18(24)15-6-4-3-5-7-15/h3-11,18,24H,12-13H2,1-2H3,(H,22,23,25)/t18-/m1/s1. The summed E-state index contributed by atoms with van der Waals surface area (Å²) in [5, 5.41) is 13.6. The zero-order valence-electron chi connectivity index (χ0n) is 15.3. The van der Waals surface area contributed by atoms with Crippen LogP contribution in [0.5, 0.6) is 5.75 Å². The second kappa shape index (κ2) is 8.79. The summed E-state index contributed by atoms with van der Waals surface area (Å²) in [5.41, 5.74) is 2.64. The summed E-state index contributed by atoms with van der Waals surface area (Å²) >= 11 is 1.44. The largest absolute Gasteiger partial charge is 0.497 e. The van der Waals surface area contributed by atoms with E-state index in [0.29, 0.717) is 11.6 Å². The maximum absolute atomic E-state index is 12.2. The number of carbonyl (C=O) groups is 1. The predicted octanol–water partition coefficient (Wildman–Crippen LogP) is 4.58. The molecule has 0 spiro atoms. The molecule has 27 heavy (non-hydrogen) atoms. The van der Waals surface area contributed by atoms with Crippen LogP contribution in [0.3, 0.4) is 0 Å². The van der Waals surface area contributed by atoms with Gasteiger partial charge in [-0.25, -0.2) is 4.98 Å². The number of hydrogen-bond donors (Lipinski definition) is 2. The van der Waals surface area contributed by atoms with Gasteiger partial charge in [0.25, 0.3) is 0 Å². The van der Waals surface area contributed by atoms with Gasteiger partial charge < -0.3 is 15.2 Å². The second-order valence-corrected chi connectivity index (χ2v) is 7.37. The first-order valence-corrected chi connectivity index (χ1v) is 9.53. The van der Waals surface area contributed by atoms with Gasteiger partial charge in [-0.2, -0.15) is 0 Å². The fourth-order valence-electron chi connectivity index (χ4n) is 2.76. The Kier molecular flexibility index (Phi) is 6.21. The van der Waals surface area contributed by atoms with Crippen molar-refractivity contribution in [3.05, 3.63) is 65.0 Å². The molecule has 0 unspecified atom stereocenters. The van der Waals surface area contributed by atoms with E-state index in [4.69, 9.17) is 4.74 Å². The minimum atomic E-state index is -0.648. The van der Waals surface area contributed by atoms with E-state index in [-0.39, 0.29) is 12.3 Å². The van der Waals surface area contributed by atoms with Gasteiger partial charge in [-0.15, -0.1) is 11.3 Å². The number of aryl methyl sites for hydroxylation is 1. The van der Waals surface area contributed by atoms with Gasteiger partial charge in [0.1, 0.15) is 5.75 Å². The van der Waals surface area contributed by atoms with Crippen LogP contribution in [0.25, 0.3) is 11.3 Å². The minimum Gasteiger partial charge on any atom is -0.497 e. The Hall–Kier alpha value is -2.70. The van der Waals surface area contributed by atoms with Crippen LogP contribution in [-0.4, -0.2) is 23.1 Å². The molecule has 0 aliphatic rings. The van der Waals surface area contributed by atoms with Crippen molar-refractivity contribution in [3.8, 4) is 17.0 Å². The zero-order chi connectivity index (χ0) is 19.2. The molecule has 0 radical (unpaired) electrons. The van der Waals surface area contributed by atoms with Crippen molar-refractivity contribution in [1.29, 1.82) is 0 Å². The van der Waals surface area contributed by atoms with E-state index < -0.39 is 6.10 Å². The van der Waals surface area contributed by atoms with Gasteiger partial charge in [-0.3, -0.25) is 4.79 Å². The van der Waals surface area contributed by atoms with Crippen LogP contribution in [0.2, 0.25) is 0 Å². The third-order valence-electron chi connectivity index (χ3n) is 4.24. The smallest absolute Gasteiger partial charge is 0.226 e. The Bertz CT molecular complexity index is 892. The molecule has 0 aliphatic heterocycles. The molecule has 1 atom stereocenters. The Balaban J connectivity index is 1.59. The Labute approximate surface area is 162 Å². The molecule has 0 saturated carbocycles. The lowest BCUT2D eigenvalue weighted by Gasteiger charge is -2.10. The number of carbonyl (C=O) groups excluding carboxylic acids is 1. The highest BCUT2D eigenvalue weighted by atomic mass is 32.1. The molecule has 1 aromatic heterocycles. The SMILES string of the molecule is COc1ccc(-c2nc(NC(=O)CC[C@@H](O)c3ccccc3)sc2C)cc1. The third kappa shape index (κ3) is 4.93. The number of amides is 1. The van der Waals surface area contributed by atoms with Gasteiger partial charge in [0, 0.05) is 16.9 Å². The van der Waals surface area contributed by atoms with Gasteiger partial charge in [-0.1, -0.05) is 30.3 Å². The average Bonchev–Trinajstić information content (AvgIpc) is 3.06. The minimum absolute atomic E-state index is 0.153. The first kappa shape index (κ1) is 19.1. The van der Waals surface area contributed by atoms with Crippen molar-refractivity contribution in [1.82, 2.24) is 4.98 Å². The average molecular weight is 382 g/mol. The monoisotopic (exact) mass is 382 g/mol. The second-order valence-electron chi connectivity index (χ2n) is 6.17. The highest BCUT2D eigenvalue weighted by Gasteiger charge is 2.14. The molecule has 0 saturated heterocycles. The number of benzene rings is 2. The molecule has 3 aromatic rings. The highest BCUT2D eigenvalue weighted by molar-refractivity contribution is 7.16. The summed E-state index contributed by atoms with van der Waals surface area (Å²) in [6, 6.07) is 17.0. The molecule has 5 nitrogen and oxygen atoms in total. The lowest BCUT2D eigenvalue weighted by Crippen LogP contribution is -2.12. The van der Waals surface area contributed by atoms with E-state index in [2.05, 4.69) is 10.3 Å². The predicted molar refractivity (Wildman–Crippen MR) is 108 cm³/mol. The molecular weight excluding hydrogens is 360 g/mol. The molecule has 2 aromatic carbocycles. The summed E-state index contributed by atoms with van der Waals surface area (Å²) < 4.78 is 5.18. The lowest BCUT2D eigenvalue weighted by atomic mass is 10.1. The maximum Gasteiger partial charge on any atom is 0.226 e. The van der Waals surface area contributed by atoms with Gasteiger partial charge in [-0.05, 0) is 43.2 Å². The maximum atomic E-state index is 12.2. The van der Waals surface area contributed by atoms with Crippen molar-refractivity contribution < 1.29 is 14.6 Å². The molecule has 1 heterocycles. The van der Waals surface area contributed by atoms with E-state index in [1.165, 1.54) is 11.3 Å². The molecule has 0 bridgehead atoms. The van der Waals surface area contributed by atoms with Crippen LogP contribution in [0.15, 0.2) is 54.6 Å². The van der Waals surface area contributed by atoms with Crippen LogP contribution in [-0.2, 0) is 4.79 Å². The number of aromatic nitrogens is 1. The van der Waals surface area contributed by atoms with Crippen LogP contribution in [0, 0.1) is 6.92 Å². The summed E-state index contributed by atoms with van der Waals surface area (Å²) in [4.78, 5) is 17.8. The zero-order valence-corrected chi connectivity index (χ0v) is 16.1. The Morgan fingerprint density at radius 1 is 1.19 bits per heavy atom. The summed E-state index contributed by atoms with van der Waals surface area (Å²) in [5.74, 6) is 0.636. The number of ether oxygens (including phenoxy) is 1. The highest BCUT2D eigenvalue weighted by Crippen LogP contribution is 2.31. The number of anilines is 1. The van der Waals surface area contributed by atoms with E-state index >= 15 is 0 Å². The van der Waals surface area contributed by atoms with Gasteiger partial charge in [0.2, 0.25) is 5.91 Å². The molecular formula is C21H22N2O3S. The van der Waals surface area contributed by atoms with E-state index in [0.717, 1.165) is 27.4 Å². The van der Waals surface area contributed by atoms with Crippen LogP contribution < -0.4 is 10.1 Å². The molecule has 0 aliphatic carbocycles. The number of nitrogens with zero attached hydrogens (tertiary/aromatic N) is 1. The number of aliphatic hydroxyl groups is 1. The van der Waals surface area contributed by atoms with Crippen LogP contribution >= 0.6 is 11.3 Å². The van der Waals surface area contributed by atoms with Crippen molar-refractivity contribution in [2.24, 2.45) is 0 Å². The first-order valence-electron chi connectivity index (χ1n) is 8.71. The lowest BCUT2D eigenvalue weighted by molar-refractivity contribution is -0.116. The number of rotatable bonds is 7. The summed E-state index contributed by atoms with van der Waals surface area (Å²) in [6.45, 7) is 1.98. The molecule has 140 valence electrons. The van der Waals surface area contributed by atoms with Crippen LogP contribution in [0.1, 0.15) is 29.4 Å². The van der Waals surface area contributed by atoms with Gasteiger partial charge in [0.15, 0.2) is 5.13 Å². The topological polar surface area (TPSA) is 71.5 Å². The number of methoxy groups -OCH3 is 1. The van der Waals surface area contributed by atoms with Crippen molar-refractivity contribution in [2.75, 3.05) is 12.4 Å². The Morgan fingerprint density at radius 3 is 2.56 bits per heavy atom. The third-order valence-corrected chi connectivity index (χ3v) is 5.12. The molecule has 6 heteroatoms. The van der Waals surface area contributed by atoms with Gasteiger partial charge in [0.05, 0.1) is 18.9 Å². The van der Waals surface area contributed by atoms with Crippen molar-refractivity contribution in [3.63, 3.8) is 0 Å². The fraction of sp³-hybridized carbons (Fsp3) is 0.238. The summed E-state index contributed by atoms with van der Waals surface area (Å²) in [6.07, 6.45) is -0.0530. The Morgan fingerprint density at radius 2 is 1.89 bits per heavy atom. The van der Waals surface area contributed by atoms with Crippen LogP contribution in [0.4, 0.5) is 5.13 Å². The quantitative estimate of drug-likeness (QED) is 0.627. The first-order chi connectivity index (χ1) is 13.1.